The van der Waals surface area contributed by atoms with Crippen LogP contribution in [-0.2, 0) is 0 Å². The van der Waals surface area contributed by atoms with Gasteiger partial charge in [0.2, 0.25) is 5.95 Å². The monoisotopic (exact) mass is 466 g/mol. The summed E-state index contributed by atoms with van der Waals surface area (Å²) in [6.07, 6.45) is 3.02. The van der Waals surface area contributed by atoms with E-state index in [4.69, 9.17) is 5.26 Å². The van der Waals surface area contributed by atoms with Gasteiger partial charge < -0.3 is 20.2 Å². The lowest BCUT2D eigenvalue weighted by atomic mass is 9.45. The zero-order valence-corrected chi connectivity index (χ0v) is 19.1. The molecule has 0 saturated carbocycles. The maximum atomic E-state index is 13.0. The predicted molar refractivity (Wildman–Crippen MR) is 135 cm³/mol. The fourth-order valence-corrected chi connectivity index (χ4v) is 4.25. The van der Waals surface area contributed by atoms with E-state index in [1.165, 1.54) is 6.33 Å². The SMILES string of the molecule is Cc1cc(N2CCB(C#N)CC2)ccc1NC(=O)c1nc[nH]c1C(=O)Nc1nc2ccccc2[nH]1. The van der Waals surface area contributed by atoms with Gasteiger partial charge in [-0.3, -0.25) is 14.9 Å². The average Bonchev–Trinajstić information content (AvgIpc) is 3.52. The molecule has 174 valence electrons. The minimum absolute atomic E-state index is 0.0133. The van der Waals surface area contributed by atoms with Crippen molar-refractivity contribution in [2.45, 2.75) is 19.6 Å². The van der Waals surface area contributed by atoms with Crippen LogP contribution in [0.5, 0.6) is 0 Å². The second-order valence-corrected chi connectivity index (χ2v) is 8.53. The number of anilines is 3. The summed E-state index contributed by atoms with van der Waals surface area (Å²) in [5.74, 6) is 1.60. The van der Waals surface area contributed by atoms with E-state index in [1.807, 2.05) is 49.4 Å². The smallest absolute Gasteiger partial charge is 0.276 e. The Labute approximate surface area is 201 Å². The van der Waals surface area contributed by atoms with Crippen LogP contribution in [0.1, 0.15) is 26.5 Å². The molecule has 2 amide bonds. The van der Waals surface area contributed by atoms with E-state index in [0.717, 1.165) is 48.0 Å². The molecule has 11 heteroatoms. The molecule has 3 heterocycles. The lowest BCUT2D eigenvalue weighted by Crippen LogP contribution is -2.36. The second kappa shape index (κ2) is 9.34. The van der Waals surface area contributed by atoms with Gasteiger partial charge >= 0.3 is 0 Å². The van der Waals surface area contributed by atoms with Crippen LogP contribution in [0.4, 0.5) is 17.3 Å². The van der Waals surface area contributed by atoms with E-state index in [9.17, 15) is 9.59 Å². The summed E-state index contributed by atoms with van der Waals surface area (Å²) in [5, 5.41) is 14.6. The van der Waals surface area contributed by atoms with E-state index in [1.54, 1.807) is 0 Å². The van der Waals surface area contributed by atoms with E-state index < -0.39 is 11.8 Å². The molecule has 2 aromatic heterocycles. The first kappa shape index (κ1) is 22.2. The fourth-order valence-electron chi connectivity index (χ4n) is 4.25. The van der Waals surface area contributed by atoms with Gasteiger partial charge in [-0.15, -0.1) is 0 Å². The van der Waals surface area contributed by atoms with Crippen LogP contribution in [0.15, 0.2) is 48.8 Å². The van der Waals surface area contributed by atoms with E-state index in [-0.39, 0.29) is 24.0 Å². The Hall–Kier alpha value is -4.59. The number of aryl methyl sites for hydroxylation is 1. The number of rotatable bonds is 5. The topological polar surface area (TPSA) is 143 Å². The van der Waals surface area contributed by atoms with Gasteiger partial charge in [-0.25, -0.2) is 15.2 Å². The number of amides is 2. The van der Waals surface area contributed by atoms with Crippen molar-refractivity contribution in [1.29, 1.82) is 5.26 Å². The predicted octanol–water partition coefficient (Wildman–Crippen LogP) is 3.48. The third-order valence-electron chi connectivity index (χ3n) is 6.20. The molecule has 1 aliphatic heterocycles. The van der Waals surface area contributed by atoms with Crippen molar-refractivity contribution in [3.05, 3.63) is 65.7 Å². The summed E-state index contributed by atoms with van der Waals surface area (Å²) in [6.45, 7) is 3.71. The first-order valence-electron chi connectivity index (χ1n) is 11.4. The van der Waals surface area contributed by atoms with Gasteiger partial charge in [-0.1, -0.05) is 12.1 Å². The molecule has 10 nitrogen and oxygen atoms in total. The van der Waals surface area contributed by atoms with Crippen molar-refractivity contribution in [1.82, 2.24) is 19.9 Å². The number of aromatic amines is 2. The number of imidazole rings is 2. The summed E-state index contributed by atoms with van der Waals surface area (Å²) in [6, 6.07) is 13.2. The minimum Gasteiger partial charge on any atom is -0.373 e. The van der Waals surface area contributed by atoms with E-state index in [0.29, 0.717) is 5.69 Å². The number of nitrogens with zero attached hydrogens (tertiary/aromatic N) is 4. The highest BCUT2D eigenvalue weighted by molar-refractivity contribution is 6.67. The molecule has 0 unspecified atom stereocenters. The zero-order chi connectivity index (χ0) is 24.4. The first-order valence-corrected chi connectivity index (χ1v) is 11.4. The molecule has 4 aromatic rings. The number of nitriles is 1. The Balaban J connectivity index is 1.27. The van der Waals surface area contributed by atoms with Crippen LogP contribution >= 0.6 is 0 Å². The third kappa shape index (κ3) is 4.59. The van der Waals surface area contributed by atoms with Crippen LogP contribution in [0.2, 0.25) is 12.6 Å². The molecule has 1 aliphatic rings. The Kier molecular flexibility index (Phi) is 5.93. The molecule has 0 bridgehead atoms. The molecule has 1 saturated heterocycles. The molecule has 0 spiro atoms. The van der Waals surface area contributed by atoms with Crippen LogP contribution in [0.25, 0.3) is 11.0 Å². The zero-order valence-electron chi connectivity index (χ0n) is 19.1. The second-order valence-electron chi connectivity index (χ2n) is 8.53. The van der Waals surface area contributed by atoms with Crippen molar-refractivity contribution in [3.63, 3.8) is 0 Å². The summed E-state index contributed by atoms with van der Waals surface area (Å²) in [7, 11) is 0. The number of hydrogen-bond acceptors (Lipinski definition) is 6. The maximum absolute atomic E-state index is 13.0. The Morgan fingerprint density at radius 2 is 1.91 bits per heavy atom. The van der Waals surface area contributed by atoms with Crippen molar-refractivity contribution < 1.29 is 9.59 Å². The van der Waals surface area contributed by atoms with Crippen molar-refractivity contribution in [3.8, 4) is 5.97 Å². The first-order chi connectivity index (χ1) is 17.0. The number of aromatic nitrogens is 4. The summed E-state index contributed by atoms with van der Waals surface area (Å²) < 4.78 is 0. The van der Waals surface area contributed by atoms with Gasteiger partial charge in [0.1, 0.15) is 5.69 Å². The molecule has 0 atom stereocenters. The molecular weight excluding hydrogens is 443 g/mol. The van der Waals surface area contributed by atoms with Gasteiger partial charge in [0, 0.05) is 30.4 Å². The third-order valence-corrected chi connectivity index (χ3v) is 6.20. The Morgan fingerprint density at radius 3 is 2.66 bits per heavy atom. The van der Waals surface area contributed by atoms with Crippen LogP contribution in [-0.4, -0.2) is 51.6 Å². The summed E-state index contributed by atoms with van der Waals surface area (Å²) >= 11 is 0. The van der Waals surface area contributed by atoms with Crippen LogP contribution < -0.4 is 15.5 Å². The lowest BCUT2D eigenvalue weighted by molar-refractivity contribution is 0.0985. The van der Waals surface area contributed by atoms with Crippen molar-refractivity contribution in [2.75, 3.05) is 28.6 Å². The molecule has 5 rings (SSSR count). The van der Waals surface area contributed by atoms with E-state index in [2.05, 4.69) is 41.4 Å². The molecule has 0 aliphatic carbocycles. The quantitative estimate of drug-likeness (QED) is 0.332. The number of fused-ring (bicyclic) bond motifs is 1. The standard InChI is InChI=1S/C24H23BN8O2/c1-15-12-16(33-10-8-25(13-26)9-11-33)6-7-17(15)29-22(34)20-21(28-14-27-20)23(35)32-24-30-18-4-2-3-5-19(18)31-24/h2-7,12,14H,8-11H2,1H3,(H,27,28)(H,29,34)(H2,30,31,32,35). The number of hydrogen-bond donors (Lipinski definition) is 4. The summed E-state index contributed by atoms with van der Waals surface area (Å²) in [5.41, 5.74) is 4.12. The minimum atomic E-state index is -0.528. The normalized spacial score (nSPS) is 13.5. The molecule has 1 fully saturated rings. The lowest BCUT2D eigenvalue weighted by Gasteiger charge is -2.30. The van der Waals surface area contributed by atoms with Crippen LogP contribution in [0, 0.1) is 18.2 Å². The van der Waals surface area contributed by atoms with Crippen LogP contribution in [0.3, 0.4) is 0 Å². The highest BCUT2D eigenvalue weighted by Gasteiger charge is 2.24. The number of para-hydroxylation sites is 2. The molecule has 4 N–H and O–H groups in total. The Bertz CT molecular complexity index is 1410. The van der Waals surface area contributed by atoms with Gasteiger partial charge in [-0.05, 0) is 55.5 Å². The maximum Gasteiger partial charge on any atom is 0.276 e. The fraction of sp³-hybridized carbons (Fsp3) is 0.208. The molecule has 2 aromatic carbocycles. The van der Waals surface area contributed by atoms with Gasteiger partial charge in [0.25, 0.3) is 18.5 Å². The molecule has 35 heavy (non-hydrogen) atoms. The van der Waals surface area contributed by atoms with Crippen molar-refractivity contribution in [2.24, 2.45) is 0 Å². The molecule has 0 radical (unpaired) electrons. The van der Waals surface area contributed by atoms with Gasteiger partial charge in [0.05, 0.1) is 17.4 Å². The van der Waals surface area contributed by atoms with Gasteiger partial charge in [-0.2, -0.15) is 0 Å². The number of nitrogens with one attached hydrogen (secondary N) is 4. The van der Waals surface area contributed by atoms with E-state index >= 15 is 0 Å². The number of carbonyl (C=O) groups is 2. The highest BCUT2D eigenvalue weighted by Crippen LogP contribution is 2.26. The Morgan fingerprint density at radius 1 is 1.11 bits per heavy atom. The van der Waals surface area contributed by atoms with Gasteiger partial charge in [0.15, 0.2) is 5.69 Å². The highest BCUT2D eigenvalue weighted by atomic mass is 16.2. The molecular formula is C24H23BN8O2. The summed E-state index contributed by atoms with van der Waals surface area (Å²) in [4.78, 5) is 42.2. The number of carbonyl (C=O) groups excluding carboxylic acids is 2. The number of H-pyrrole nitrogens is 2. The largest absolute Gasteiger partial charge is 0.373 e. The average molecular weight is 466 g/mol. The van der Waals surface area contributed by atoms with Crippen molar-refractivity contribution >= 4 is 46.9 Å². The number of benzene rings is 2.